The number of aromatic nitrogens is 4. The summed E-state index contributed by atoms with van der Waals surface area (Å²) in [4.78, 5) is 16.5. The van der Waals surface area contributed by atoms with Crippen LogP contribution >= 0.6 is 0 Å². The third-order valence-corrected chi connectivity index (χ3v) is 10.7. The van der Waals surface area contributed by atoms with Gasteiger partial charge in [0, 0.05) is 44.3 Å². The first kappa shape index (κ1) is 34.5. The summed E-state index contributed by atoms with van der Waals surface area (Å²) in [5, 5.41) is 0. The van der Waals surface area contributed by atoms with Crippen LogP contribution in [0.3, 0.4) is 0 Å². The van der Waals surface area contributed by atoms with Crippen LogP contribution in [0.25, 0.3) is 89.9 Å². The smallest absolute Gasteiger partial charge is 0.354 e. The van der Waals surface area contributed by atoms with Gasteiger partial charge in [0.1, 0.15) is 0 Å². The summed E-state index contributed by atoms with van der Waals surface area (Å²) in [6.45, 7) is 0. The molecule has 0 fully saturated rings. The van der Waals surface area contributed by atoms with Gasteiger partial charge >= 0.3 is 17.8 Å². The molecule has 7 aromatic rings. The lowest BCUT2D eigenvalue weighted by atomic mass is 9.94. The second-order valence-corrected chi connectivity index (χ2v) is 14.0. The van der Waals surface area contributed by atoms with Crippen molar-refractivity contribution < 1.29 is 26.3 Å². The van der Waals surface area contributed by atoms with E-state index in [1.54, 1.807) is 84.9 Å². The molecule has 3 aliphatic rings. The molecule has 0 amide bonds. The van der Waals surface area contributed by atoms with Crippen molar-refractivity contribution >= 4 is 45.4 Å². The van der Waals surface area contributed by atoms with E-state index in [9.17, 15) is 0 Å². The van der Waals surface area contributed by atoms with Gasteiger partial charge < -0.3 is 9.97 Å². The average Bonchev–Trinajstić information content (AvgIpc) is 4.07. The fourth-order valence-corrected chi connectivity index (χ4v) is 8.10. The number of aromatic amines is 2. The summed E-state index contributed by atoms with van der Waals surface area (Å²) in [5.41, 5.74) is 1.60. The minimum atomic E-state index is -5.78. The highest BCUT2D eigenvalue weighted by Crippen LogP contribution is 2.67. The standard InChI is InChI=1S/C47H28F6N4/c48-45(49)41-42(46(50,51)47(45,52)53)44-40(30-19-11-4-12-20-30)36-26-24-34(56-36)38(28-15-7-2-8-16-28)32-22-21-31(54-32)37(27-13-5-1-6-14-27)33-23-25-35(55-33)39(43(41)57-44)29-17-9-3-10-18-29/h1-26,54-55H. The monoisotopic (exact) mass is 762 g/mol. The first-order chi connectivity index (χ1) is 27.6. The summed E-state index contributed by atoms with van der Waals surface area (Å²) in [6, 6.07) is 42.6. The molecular formula is C47H28F6N4. The minimum Gasteiger partial charge on any atom is -0.354 e. The van der Waals surface area contributed by atoms with Gasteiger partial charge in [-0.05, 0) is 58.7 Å². The van der Waals surface area contributed by atoms with Crippen LogP contribution < -0.4 is 0 Å². The Morgan fingerprint density at radius 1 is 0.351 bits per heavy atom. The number of allylic oxidation sites excluding steroid dienone is 2. The molecule has 1 aliphatic carbocycles. The van der Waals surface area contributed by atoms with Gasteiger partial charge in [0.15, 0.2) is 0 Å². The highest BCUT2D eigenvalue weighted by Gasteiger charge is 2.82. The van der Waals surface area contributed by atoms with E-state index in [2.05, 4.69) is 15.0 Å². The average molecular weight is 763 g/mol. The van der Waals surface area contributed by atoms with Gasteiger partial charge in [-0.1, -0.05) is 121 Å². The van der Waals surface area contributed by atoms with Crippen molar-refractivity contribution in [1.29, 1.82) is 0 Å². The van der Waals surface area contributed by atoms with Gasteiger partial charge in [-0.15, -0.1) is 0 Å². The molecule has 8 bridgehead atoms. The van der Waals surface area contributed by atoms with Crippen LogP contribution in [0.4, 0.5) is 26.3 Å². The van der Waals surface area contributed by atoms with Crippen molar-refractivity contribution in [1.82, 2.24) is 19.9 Å². The van der Waals surface area contributed by atoms with E-state index in [0.717, 1.165) is 11.1 Å². The van der Waals surface area contributed by atoms with E-state index in [1.165, 1.54) is 0 Å². The largest absolute Gasteiger partial charge is 0.380 e. The molecule has 2 N–H and O–H groups in total. The third kappa shape index (κ3) is 5.09. The molecule has 0 radical (unpaired) electrons. The second kappa shape index (κ2) is 12.5. The Labute approximate surface area is 321 Å². The minimum absolute atomic E-state index is 0.0486. The lowest BCUT2D eigenvalue weighted by Crippen LogP contribution is -2.49. The van der Waals surface area contributed by atoms with Gasteiger partial charge in [-0.2, -0.15) is 26.3 Å². The van der Waals surface area contributed by atoms with Gasteiger partial charge in [-0.3, -0.25) is 0 Å². The number of H-pyrrole nitrogens is 2. The first-order valence-electron chi connectivity index (χ1n) is 18.2. The fourth-order valence-electron chi connectivity index (χ4n) is 8.10. The Balaban J connectivity index is 1.48. The van der Waals surface area contributed by atoms with E-state index in [-0.39, 0.29) is 27.9 Å². The summed E-state index contributed by atoms with van der Waals surface area (Å²) < 4.78 is 97.2. The van der Waals surface area contributed by atoms with Crippen LogP contribution in [-0.2, 0) is 0 Å². The van der Waals surface area contributed by atoms with Crippen molar-refractivity contribution in [2.24, 2.45) is 0 Å². The first-order valence-corrected chi connectivity index (χ1v) is 18.2. The van der Waals surface area contributed by atoms with Gasteiger partial charge in [0.05, 0.1) is 33.9 Å². The molecule has 278 valence electrons. The summed E-state index contributed by atoms with van der Waals surface area (Å²) in [6.07, 6.45) is 3.28. The molecule has 0 atom stereocenters. The Morgan fingerprint density at radius 3 is 1.14 bits per heavy atom. The number of benzene rings is 4. The van der Waals surface area contributed by atoms with E-state index in [4.69, 9.17) is 4.98 Å². The number of nitrogens with one attached hydrogen (secondary N) is 2. The molecule has 10 rings (SSSR count). The number of hydrogen-bond acceptors (Lipinski definition) is 2. The quantitative estimate of drug-likeness (QED) is 0.175. The molecule has 3 aromatic heterocycles. The van der Waals surface area contributed by atoms with Crippen LogP contribution in [-0.4, -0.2) is 37.7 Å². The normalized spacial score (nSPS) is 16.2. The lowest BCUT2D eigenvalue weighted by Gasteiger charge is -2.27. The van der Waals surface area contributed by atoms with Crippen LogP contribution in [0.5, 0.6) is 0 Å². The zero-order chi connectivity index (χ0) is 39.1. The van der Waals surface area contributed by atoms with E-state index in [1.807, 2.05) is 72.8 Å². The molecule has 5 heterocycles. The highest BCUT2D eigenvalue weighted by atomic mass is 19.3. The van der Waals surface area contributed by atoms with Crippen molar-refractivity contribution in [3.8, 4) is 44.5 Å². The number of halogens is 6. The number of hydrogen-bond donors (Lipinski definition) is 2. The Morgan fingerprint density at radius 2 is 0.684 bits per heavy atom. The zero-order valence-corrected chi connectivity index (χ0v) is 29.7. The molecular weight excluding hydrogens is 735 g/mol. The van der Waals surface area contributed by atoms with Crippen LogP contribution in [0.1, 0.15) is 22.8 Å². The maximum absolute atomic E-state index is 16.4. The summed E-state index contributed by atoms with van der Waals surface area (Å²) in [5.74, 6) is -16.4. The lowest BCUT2D eigenvalue weighted by molar-refractivity contribution is -0.254. The number of fused-ring (bicyclic) bond motifs is 10. The topological polar surface area (TPSA) is 57.4 Å². The molecule has 57 heavy (non-hydrogen) atoms. The Bertz CT molecular complexity index is 2970. The van der Waals surface area contributed by atoms with Crippen molar-refractivity contribution in [3.63, 3.8) is 0 Å². The van der Waals surface area contributed by atoms with Gasteiger partial charge in [-0.25, -0.2) is 9.97 Å². The number of alkyl halides is 6. The van der Waals surface area contributed by atoms with Crippen molar-refractivity contribution in [2.45, 2.75) is 17.8 Å². The Kier molecular flexibility index (Phi) is 7.60. The predicted octanol–water partition coefficient (Wildman–Crippen LogP) is 13.0. The van der Waals surface area contributed by atoms with Gasteiger partial charge in [0.2, 0.25) is 0 Å². The SMILES string of the molecule is FC1(F)C2=C(c3nc2c(-c2ccccc2)c2nc(c(-c4ccccc4)c4ccc([nH]4)c(-c4ccccc4)c4ccc([nH]4)c3-c3ccccc3)C=C2)C(F)(F)C1(F)F. The molecule has 0 saturated heterocycles. The number of rotatable bonds is 4. The van der Waals surface area contributed by atoms with E-state index >= 15 is 26.3 Å². The summed E-state index contributed by atoms with van der Waals surface area (Å²) in [7, 11) is 0. The Hall–Kier alpha value is -6.94. The number of nitrogens with zero attached hydrogens (tertiary/aromatic N) is 2. The van der Waals surface area contributed by atoms with Crippen molar-refractivity contribution in [2.75, 3.05) is 0 Å². The third-order valence-electron chi connectivity index (χ3n) is 10.7. The fraction of sp³-hybridized carbons (Fsp3) is 0.0638. The molecule has 4 nitrogen and oxygen atoms in total. The molecule has 10 heteroatoms. The summed E-state index contributed by atoms with van der Waals surface area (Å²) >= 11 is 0. The molecule has 0 saturated carbocycles. The van der Waals surface area contributed by atoms with Crippen molar-refractivity contribution in [3.05, 3.63) is 168 Å². The molecule has 0 unspecified atom stereocenters. The van der Waals surface area contributed by atoms with E-state index in [0.29, 0.717) is 38.9 Å². The predicted molar refractivity (Wildman–Crippen MR) is 213 cm³/mol. The van der Waals surface area contributed by atoms with Crippen LogP contribution in [0, 0.1) is 0 Å². The molecule has 0 spiro atoms. The zero-order valence-electron chi connectivity index (χ0n) is 29.7. The molecule has 2 aliphatic heterocycles. The van der Waals surface area contributed by atoms with Gasteiger partial charge in [0.25, 0.3) is 0 Å². The van der Waals surface area contributed by atoms with Crippen LogP contribution in [0.2, 0.25) is 0 Å². The maximum atomic E-state index is 16.4. The maximum Gasteiger partial charge on any atom is 0.380 e. The van der Waals surface area contributed by atoms with Crippen LogP contribution in [0.15, 0.2) is 146 Å². The molecule has 4 aromatic carbocycles. The second-order valence-electron chi connectivity index (χ2n) is 14.0. The van der Waals surface area contributed by atoms with E-state index < -0.39 is 40.3 Å². The highest BCUT2D eigenvalue weighted by molar-refractivity contribution is 6.10.